The topological polar surface area (TPSA) is 58.4 Å². The Kier molecular flexibility index (Phi) is 5.77. The van der Waals surface area contributed by atoms with Crippen LogP contribution in [0.25, 0.3) is 0 Å². The molecule has 3 N–H and O–H groups in total. The summed E-state index contributed by atoms with van der Waals surface area (Å²) in [5, 5.41) is 0. The number of likely N-dealkylation sites (tertiary alicyclic amines) is 1. The van der Waals surface area contributed by atoms with E-state index in [1.165, 1.54) is 26.1 Å². The fourth-order valence-electron chi connectivity index (χ4n) is 2.30. The Morgan fingerprint density at radius 1 is 1.25 bits per heavy atom. The lowest BCUT2D eigenvalue weighted by Crippen LogP contribution is -2.29. The van der Waals surface area contributed by atoms with Crippen molar-refractivity contribution in [2.24, 2.45) is 17.7 Å². The van der Waals surface area contributed by atoms with Crippen LogP contribution in [0.5, 0.6) is 0 Å². The molecule has 1 fully saturated rings. The number of amides is 1. The van der Waals surface area contributed by atoms with Gasteiger partial charge in [-0.15, -0.1) is 0 Å². The minimum absolute atomic E-state index is 0.0524. The van der Waals surface area contributed by atoms with Crippen LogP contribution in [-0.2, 0) is 4.79 Å². The Morgan fingerprint density at radius 2 is 1.88 bits per heavy atom. The van der Waals surface area contributed by atoms with Crippen molar-refractivity contribution in [1.29, 1.82) is 0 Å². The molecule has 2 unspecified atom stereocenters. The zero-order valence-corrected chi connectivity index (χ0v) is 10.5. The van der Waals surface area contributed by atoms with Crippen molar-refractivity contribution in [1.82, 2.24) is 10.3 Å². The Bertz CT molecular complexity index is 210. The molecule has 1 amide bonds. The van der Waals surface area contributed by atoms with E-state index in [1.54, 1.807) is 0 Å². The van der Waals surface area contributed by atoms with Crippen molar-refractivity contribution in [2.45, 2.75) is 39.5 Å². The Labute approximate surface area is 98.5 Å². The molecule has 1 aliphatic heterocycles. The third-order valence-electron chi connectivity index (χ3n) is 3.60. The van der Waals surface area contributed by atoms with Crippen LogP contribution in [0.15, 0.2) is 0 Å². The fourth-order valence-corrected chi connectivity index (χ4v) is 2.30. The van der Waals surface area contributed by atoms with Gasteiger partial charge in [0, 0.05) is 19.5 Å². The lowest BCUT2D eigenvalue weighted by atomic mass is 10.0. The second-order valence-corrected chi connectivity index (χ2v) is 5.09. The molecule has 4 heteroatoms. The van der Waals surface area contributed by atoms with Gasteiger partial charge in [0.15, 0.2) is 0 Å². The molecule has 94 valence electrons. The maximum atomic E-state index is 10.9. The SMILES string of the molecule is CC1CN(CCCCCC(=O)NN)CC1C. The molecule has 0 radical (unpaired) electrons. The summed E-state index contributed by atoms with van der Waals surface area (Å²) in [6.07, 6.45) is 3.81. The van der Waals surface area contributed by atoms with E-state index >= 15 is 0 Å². The summed E-state index contributed by atoms with van der Waals surface area (Å²) in [6, 6.07) is 0. The van der Waals surface area contributed by atoms with Gasteiger partial charge in [0.25, 0.3) is 0 Å². The molecule has 0 aromatic heterocycles. The number of hydrogen-bond acceptors (Lipinski definition) is 3. The third-order valence-corrected chi connectivity index (χ3v) is 3.60. The van der Waals surface area contributed by atoms with Crippen LogP contribution in [0.2, 0.25) is 0 Å². The van der Waals surface area contributed by atoms with Gasteiger partial charge in [-0.3, -0.25) is 10.2 Å². The van der Waals surface area contributed by atoms with E-state index in [0.29, 0.717) is 6.42 Å². The second kappa shape index (κ2) is 6.86. The van der Waals surface area contributed by atoms with E-state index < -0.39 is 0 Å². The first-order valence-electron chi connectivity index (χ1n) is 6.35. The molecule has 0 aromatic rings. The maximum Gasteiger partial charge on any atom is 0.233 e. The number of hydrogen-bond donors (Lipinski definition) is 2. The second-order valence-electron chi connectivity index (χ2n) is 5.09. The summed E-state index contributed by atoms with van der Waals surface area (Å²) in [5.74, 6) is 6.63. The number of nitrogens with zero attached hydrogens (tertiary/aromatic N) is 1. The normalized spacial score (nSPS) is 25.9. The number of nitrogens with two attached hydrogens (primary N) is 1. The summed E-state index contributed by atoms with van der Waals surface area (Å²) >= 11 is 0. The molecule has 16 heavy (non-hydrogen) atoms. The van der Waals surface area contributed by atoms with Crippen molar-refractivity contribution >= 4 is 5.91 Å². The van der Waals surface area contributed by atoms with Gasteiger partial charge in [-0.2, -0.15) is 0 Å². The van der Waals surface area contributed by atoms with Crippen LogP contribution in [-0.4, -0.2) is 30.4 Å². The number of nitrogens with one attached hydrogen (secondary N) is 1. The minimum Gasteiger partial charge on any atom is -0.303 e. The Balaban J connectivity index is 1.98. The van der Waals surface area contributed by atoms with E-state index in [2.05, 4.69) is 24.2 Å². The quantitative estimate of drug-likeness (QED) is 0.309. The molecule has 1 aliphatic rings. The smallest absolute Gasteiger partial charge is 0.233 e. The van der Waals surface area contributed by atoms with Gasteiger partial charge in [0.1, 0.15) is 0 Å². The fraction of sp³-hybridized carbons (Fsp3) is 0.917. The molecule has 0 aliphatic carbocycles. The van der Waals surface area contributed by atoms with Crippen LogP contribution in [0.1, 0.15) is 39.5 Å². The lowest BCUT2D eigenvalue weighted by Gasteiger charge is -2.14. The summed E-state index contributed by atoms with van der Waals surface area (Å²) in [4.78, 5) is 13.4. The van der Waals surface area contributed by atoms with E-state index in [4.69, 9.17) is 5.84 Å². The first kappa shape index (κ1) is 13.5. The standard InChI is InChI=1S/C12H25N3O/c1-10-8-15(9-11(10)2)7-5-3-4-6-12(16)14-13/h10-11H,3-9,13H2,1-2H3,(H,14,16). The number of hydrazine groups is 1. The highest BCUT2D eigenvalue weighted by atomic mass is 16.2. The number of rotatable bonds is 6. The van der Waals surface area contributed by atoms with Crippen LogP contribution in [0.4, 0.5) is 0 Å². The zero-order valence-electron chi connectivity index (χ0n) is 10.5. The highest BCUT2D eigenvalue weighted by molar-refractivity contribution is 5.74. The highest BCUT2D eigenvalue weighted by Gasteiger charge is 2.24. The molecule has 1 saturated heterocycles. The Morgan fingerprint density at radius 3 is 2.44 bits per heavy atom. The van der Waals surface area contributed by atoms with Crippen molar-refractivity contribution < 1.29 is 4.79 Å². The van der Waals surface area contributed by atoms with Crippen molar-refractivity contribution in [3.05, 3.63) is 0 Å². The monoisotopic (exact) mass is 227 g/mol. The molecule has 0 bridgehead atoms. The molecular weight excluding hydrogens is 202 g/mol. The third kappa shape index (κ3) is 4.49. The zero-order chi connectivity index (χ0) is 12.0. The van der Waals surface area contributed by atoms with Gasteiger partial charge in [-0.05, 0) is 31.2 Å². The van der Waals surface area contributed by atoms with Gasteiger partial charge < -0.3 is 4.90 Å². The molecular formula is C12H25N3O. The molecule has 0 spiro atoms. The van der Waals surface area contributed by atoms with Crippen LogP contribution < -0.4 is 11.3 Å². The molecule has 1 rings (SSSR count). The molecule has 2 atom stereocenters. The summed E-state index contributed by atoms with van der Waals surface area (Å²) < 4.78 is 0. The molecule has 1 heterocycles. The van der Waals surface area contributed by atoms with Crippen LogP contribution >= 0.6 is 0 Å². The van der Waals surface area contributed by atoms with Gasteiger partial charge in [0.05, 0.1) is 0 Å². The van der Waals surface area contributed by atoms with Crippen molar-refractivity contribution in [2.75, 3.05) is 19.6 Å². The van der Waals surface area contributed by atoms with Gasteiger partial charge in [-0.1, -0.05) is 20.3 Å². The average Bonchev–Trinajstić information content (AvgIpc) is 2.57. The van der Waals surface area contributed by atoms with E-state index in [0.717, 1.165) is 24.7 Å². The summed E-state index contributed by atoms with van der Waals surface area (Å²) in [7, 11) is 0. The summed E-state index contributed by atoms with van der Waals surface area (Å²) in [6.45, 7) is 8.32. The van der Waals surface area contributed by atoms with Crippen molar-refractivity contribution in [3.8, 4) is 0 Å². The molecule has 4 nitrogen and oxygen atoms in total. The number of unbranched alkanes of at least 4 members (excludes halogenated alkanes) is 2. The Hall–Kier alpha value is -0.610. The van der Waals surface area contributed by atoms with E-state index in [9.17, 15) is 4.79 Å². The predicted molar refractivity (Wildman–Crippen MR) is 65.6 cm³/mol. The largest absolute Gasteiger partial charge is 0.303 e. The summed E-state index contributed by atoms with van der Waals surface area (Å²) in [5.41, 5.74) is 2.16. The van der Waals surface area contributed by atoms with Crippen molar-refractivity contribution in [3.63, 3.8) is 0 Å². The van der Waals surface area contributed by atoms with E-state index in [-0.39, 0.29) is 5.91 Å². The molecule has 0 saturated carbocycles. The minimum atomic E-state index is -0.0524. The highest BCUT2D eigenvalue weighted by Crippen LogP contribution is 2.22. The van der Waals surface area contributed by atoms with Gasteiger partial charge >= 0.3 is 0 Å². The van der Waals surface area contributed by atoms with Crippen LogP contribution in [0.3, 0.4) is 0 Å². The number of carbonyl (C=O) groups excluding carboxylic acids is 1. The lowest BCUT2D eigenvalue weighted by molar-refractivity contribution is -0.121. The first-order valence-corrected chi connectivity index (χ1v) is 6.35. The van der Waals surface area contributed by atoms with E-state index in [1.807, 2.05) is 0 Å². The number of carbonyl (C=O) groups is 1. The average molecular weight is 227 g/mol. The van der Waals surface area contributed by atoms with Crippen LogP contribution in [0, 0.1) is 11.8 Å². The van der Waals surface area contributed by atoms with Gasteiger partial charge in [0.2, 0.25) is 5.91 Å². The molecule has 0 aromatic carbocycles. The maximum absolute atomic E-state index is 10.9. The van der Waals surface area contributed by atoms with Gasteiger partial charge in [-0.25, -0.2) is 5.84 Å². The predicted octanol–water partition coefficient (Wildman–Crippen LogP) is 1.12. The first-order chi connectivity index (χ1) is 7.63.